The fourth-order valence-electron chi connectivity index (χ4n) is 3.75. The molecule has 30 heavy (non-hydrogen) atoms. The zero-order valence-corrected chi connectivity index (χ0v) is 18.1. The third-order valence-electron chi connectivity index (χ3n) is 5.35. The molecule has 7 nitrogen and oxygen atoms in total. The fraction of sp³-hybridized carbons (Fsp3) is 0.381. The number of amides is 1. The molecular formula is C21H23ClN2O5S. The topological polar surface area (TPSA) is 84.9 Å². The highest BCUT2D eigenvalue weighted by molar-refractivity contribution is 7.89. The van der Waals surface area contributed by atoms with E-state index in [0.29, 0.717) is 49.1 Å². The molecule has 1 N–H and O–H groups in total. The first-order valence-corrected chi connectivity index (χ1v) is 11.7. The third-order valence-corrected chi connectivity index (χ3v) is 7.53. The Morgan fingerprint density at radius 2 is 1.83 bits per heavy atom. The standard InChI is InChI=1S/C21H23ClN2O5S/c1-14(15-4-9-19-20(13-15)29-12-11-28-19)23-21(25)18-3-2-10-24(18)30(26,27)17-7-5-16(22)6-8-17/h4-9,13-14,18H,2-3,10-12H2,1H3,(H,23,25). The van der Waals surface area contributed by atoms with Gasteiger partial charge < -0.3 is 14.8 Å². The van der Waals surface area contributed by atoms with Gasteiger partial charge in [-0.1, -0.05) is 17.7 Å². The number of hydrogen-bond donors (Lipinski definition) is 1. The molecular weight excluding hydrogens is 428 g/mol. The lowest BCUT2D eigenvalue weighted by atomic mass is 10.1. The summed E-state index contributed by atoms with van der Waals surface area (Å²) >= 11 is 5.87. The molecule has 1 saturated heterocycles. The Hall–Kier alpha value is -2.29. The second-order valence-corrected chi connectivity index (χ2v) is 9.69. The van der Waals surface area contributed by atoms with Crippen molar-refractivity contribution in [3.8, 4) is 11.5 Å². The van der Waals surface area contributed by atoms with Crippen molar-refractivity contribution in [1.82, 2.24) is 9.62 Å². The largest absolute Gasteiger partial charge is 0.486 e. The molecule has 0 spiro atoms. The Bertz CT molecular complexity index is 1040. The van der Waals surface area contributed by atoms with E-state index < -0.39 is 16.1 Å². The molecule has 0 radical (unpaired) electrons. The van der Waals surface area contributed by atoms with Crippen molar-refractivity contribution in [2.45, 2.75) is 36.7 Å². The van der Waals surface area contributed by atoms with Crippen LogP contribution in [0.4, 0.5) is 0 Å². The van der Waals surface area contributed by atoms with E-state index in [1.54, 1.807) is 0 Å². The molecule has 1 amide bonds. The van der Waals surface area contributed by atoms with E-state index in [1.165, 1.54) is 28.6 Å². The van der Waals surface area contributed by atoms with E-state index in [9.17, 15) is 13.2 Å². The van der Waals surface area contributed by atoms with E-state index in [4.69, 9.17) is 21.1 Å². The molecule has 0 aliphatic carbocycles. The van der Waals surface area contributed by atoms with Crippen LogP contribution in [0.25, 0.3) is 0 Å². The number of nitrogens with one attached hydrogen (secondary N) is 1. The first kappa shape index (κ1) is 21.0. The summed E-state index contributed by atoms with van der Waals surface area (Å²) in [5.41, 5.74) is 0.859. The zero-order valence-electron chi connectivity index (χ0n) is 16.5. The quantitative estimate of drug-likeness (QED) is 0.756. The van der Waals surface area contributed by atoms with Gasteiger partial charge in [0.15, 0.2) is 11.5 Å². The first-order chi connectivity index (χ1) is 14.4. The fourth-order valence-corrected chi connectivity index (χ4v) is 5.54. The number of ether oxygens (including phenoxy) is 2. The maximum Gasteiger partial charge on any atom is 0.243 e. The van der Waals surface area contributed by atoms with E-state index in [0.717, 1.165) is 5.56 Å². The lowest BCUT2D eigenvalue weighted by molar-refractivity contribution is -0.124. The highest BCUT2D eigenvalue weighted by atomic mass is 35.5. The van der Waals surface area contributed by atoms with E-state index in [1.807, 2.05) is 25.1 Å². The van der Waals surface area contributed by atoms with E-state index in [2.05, 4.69) is 5.32 Å². The van der Waals surface area contributed by atoms with Gasteiger partial charge in [-0.15, -0.1) is 0 Å². The molecule has 2 aromatic rings. The van der Waals surface area contributed by atoms with Gasteiger partial charge in [0.1, 0.15) is 19.3 Å². The lowest BCUT2D eigenvalue weighted by Gasteiger charge is -2.26. The minimum Gasteiger partial charge on any atom is -0.486 e. The van der Waals surface area contributed by atoms with Crippen molar-refractivity contribution in [3.05, 3.63) is 53.1 Å². The summed E-state index contributed by atoms with van der Waals surface area (Å²) in [5, 5.41) is 3.40. The molecule has 2 aromatic carbocycles. The molecule has 2 unspecified atom stereocenters. The van der Waals surface area contributed by atoms with Crippen LogP contribution in [-0.2, 0) is 14.8 Å². The number of sulfonamides is 1. The predicted octanol–water partition coefficient (Wildman–Crippen LogP) is 3.14. The summed E-state index contributed by atoms with van der Waals surface area (Å²) in [7, 11) is -3.78. The van der Waals surface area contributed by atoms with Crippen LogP contribution in [0.3, 0.4) is 0 Å². The highest BCUT2D eigenvalue weighted by Gasteiger charge is 2.39. The first-order valence-electron chi connectivity index (χ1n) is 9.83. The molecule has 2 aliphatic heterocycles. The van der Waals surface area contributed by atoms with Crippen molar-refractivity contribution in [1.29, 1.82) is 0 Å². The molecule has 0 saturated carbocycles. The summed E-state index contributed by atoms with van der Waals surface area (Å²) in [6, 6.07) is 10.5. The Kier molecular flexibility index (Phi) is 5.90. The summed E-state index contributed by atoms with van der Waals surface area (Å²) in [5.74, 6) is 1.01. The number of carbonyl (C=O) groups excluding carboxylic acids is 1. The van der Waals surface area contributed by atoms with Crippen molar-refractivity contribution in [3.63, 3.8) is 0 Å². The van der Waals surface area contributed by atoms with Crippen LogP contribution < -0.4 is 14.8 Å². The molecule has 2 atom stereocenters. The number of halogens is 1. The number of carbonyl (C=O) groups is 1. The van der Waals surface area contributed by atoms with Crippen LogP contribution in [0.2, 0.25) is 5.02 Å². The monoisotopic (exact) mass is 450 g/mol. The van der Waals surface area contributed by atoms with Gasteiger partial charge in [-0.05, 0) is 61.7 Å². The van der Waals surface area contributed by atoms with Crippen molar-refractivity contribution >= 4 is 27.5 Å². The second kappa shape index (κ2) is 8.45. The molecule has 4 rings (SSSR count). The van der Waals surface area contributed by atoms with Gasteiger partial charge in [-0.3, -0.25) is 4.79 Å². The smallest absolute Gasteiger partial charge is 0.243 e. The average molecular weight is 451 g/mol. The van der Waals surface area contributed by atoms with Crippen LogP contribution in [0.1, 0.15) is 31.4 Å². The molecule has 1 fully saturated rings. The van der Waals surface area contributed by atoms with Gasteiger partial charge >= 0.3 is 0 Å². The van der Waals surface area contributed by atoms with Gasteiger partial charge in [-0.25, -0.2) is 8.42 Å². The second-order valence-electron chi connectivity index (χ2n) is 7.36. The van der Waals surface area contributed by atoms with Crippen LogP contribution in [0, 0.1) is 0 Å². The van der Waals surface area contributed by atoms with Gasteiger partial charge in [0.05, 0.1) is 10.9 Å². The Morgan fingerprint density at radius 3 is 2.57 bits per heavy atom. The predicted molar refractivity (Wildman–Crippen MR) is 112 cm³/mol. The molecule has 0 aromatic heterocycles. The van der Waals surface area contributed by atoms with Crippen LogP contribution >= 0.6 is 11.6 Å². The Labute approximate surface area is 181 Å². The maximum absolute atomic E-state index is 13.0. The zero-order chi connectivity index (χ0) is 21.3. The van der Waals surface area contributed by atoms with Crippen molar-refractivity contribution in [2.24, 2.45) is 0 Å². The molecule has 160 valence electrons. The SMILES string of the molecule is CC(NC(=O)C1CCCN1S(=O)(=O)c1ccc(Cl)cc1)c1ccc2c(c1)OCCO2. The van der Waals surface area contributed by atoms with Gasteiger partial charge in [0, 0.05) is 11.6 Å². The minimum atomic E-state index is -3.78. The number of benzene rings is 2. The highest BCUT2D eigenvalue weighted by Crippen LogP contribution is 2.33. The van der Waals surface area contributed by atoms with Crippen molar-refractivity contribution < 1.29 is 22.7 Å². The summed E-state index contributed by atoms with van der Waals surface area (Å²) in [6.45, 7) is 3.16. The van der Waals surface area contributed by atoms with Crippen molar-refractivity contribution in [2.75, 3.05) is 19.8 Å². The third kappa shape index (κ3) is 4.12. The number of nitrogens with zero attached hydrogens (tertiary/aromatic N) is 1. The van der Waals surface area contributed by atoms with Crippen LogP contribution in [-0.4, -0.2) is 44.4 Å². The van der Waals surface area contributed by atoms with Crippen LogP contribution in [0.15, 0.2) is 47.4 Å². The number of rotatable bonds is 5. The van der Waals surface area contributed by atoms with Gasteiger partial charge in [-0.2, -0.15) is 4.31 Å². The average Bonchev–Trinajstić information content (AvgIpc) is 3.25. The molecule has 0 bridgehead atoms. The van der Waals surface area contributed by atoms with E-state index in [-0.39, 0.29) is 16.8 Å². The van der Waals surface area contributed by atoms with E-state index >= 15 is 0 Å². The minimum absolute atomic E-state index is 0.131. The van der Waals surface area contributed by atoms with Crippen LogP contribution in [0.5, 0.6) is 11.5 Å². The Balaban J connectivity index is 1.49. The summed E-state index contributed by atoms with van der Waals surface area (Å²) < 4.78 is 38.5. The van der Waals surface area contributed by atoms with Gasteiger partial charge in [0.2, 0.25) is 15.9 Å². The molecule has 2 aliphatic rings. The van der Waals surface area contributed by atoms with Gasteiger partial charge in [0.25, 0.3) is 0 Å². The summed E-state index contributed by atoms with van der Waals surface area (Å²) in [4.78, 5) is 13.1. The summed E-state index contributed by atoms with van der Waals surface area (Å²) in [6.07, 6.45) is 1.11. The normalized spacial score (nSPS) is 20.0. The number of hydrogen-bond acceptors (Lipinski definition) is 5. The maximum atomic E-state index is 13.0. The Morgan fingerprint density at radius 1 is 1.13 bits per heavy atom. The molecule has 9 heteroatoms. The number of fused-ring (bicyclic) bond motifs is 1. The molecule has 2 heterocycles. The lowest BCUT2D eigenvalue weighted by Crippen LogP contribution is -2.46.